The monoisotopic (exact) mass is 397 g/mol. The summed E-state index contributed by atoms with van der Waals surface area (Å²) in [4.78, 5) is 17.3. The zero-order valence-electron chi connectivity index (χ0n) is 13.6. The minimum atomic E-state index is -0.159. The maximum atomic E-state index is 12.6. The molecule has 0 spiro atoms. The number of aromatic nitrogens is 1. The average Bonchev–Trinajstić information content (AvgIpc) is 3.01. The summed E-state index contributed by atoms with van der Waals surface area (Å²) in [5.41, 5.74) is 5.53. The van der Waals surface area contributed by atoms with Gasteiger partial charge in [-0.25, -0.2) is 4.98 Å². The number of nitrogens with one attached hydrogen (secondary N) is 1. The van der Waals surface area contributed by atoms with Crippen molar-refractivity contribution < 1.29 is 9.53 Å². The molecule has 0 saturated carbocycles. The molecule has 1 N–H and O–H groups in total. The van der Waals surface area contributed by atoms with Gasteiger partial charge in [0.05, 0.1) is 18.2 Å². The fraction of sp³-hybridized carbons (Fsp3) is 0.158. The normalized spacial score (nSPS) is 13.0. The van der Waals surface area contributed by atoms with Gasteiger partial charge in [-0.15, -0.1) is 0 Å². The molecule has 0 saturated heterocycles. The standard InChI is InChI=1S/C19H16BrN3O2/c1-25-14-7-6-12-10-13-8-9-23(18(13)21-17(12)11-14)22-19(24)15-4-2-3-5-16(15)20/h2-7,10-11H,8-9H2,1H3,(H,22,24). The zero-order chi connectivity index (χ0) is 17.4. The Morgan fingerprint density at radius 3 is 2.88 bits per heavy atom. The van der Waals surface area contributed by atoms with Gasteiger partial charge in [0.25, 0.3) is 5.91 Å². The number of carbonyl (C=O) groups is 1. The van der Waals surface area contributed by atoms with E-state index >= 15 is 0 Å². The number of ether oxygens (including phenoxy) is 1. The van der Waals surface area contributed by atoms with Crippen LogP contribution >= 0.6 is 15.9 Å². The van der Waals surface area contributed by atoms with Crippen molar-refractivity contribution in [2.24, 2.45) is 0 Å². The largest absolute Gasteiger partial charge is 0.497 e. The number of rotatable bonds is 3. The van der Waals surface area contributed by atoms with Gasteiger partial charge in [0.1, 0.15) is 5.75 Å². The summed E-state index contributed by atoms with van der Waals surface area (Å²) in [7, 11) is 1.64. The van der Waals surface area contributed by atoms with E-state index in [0.29, 0.717) is 12.1 Å². The quantitative estimate of drug-likeness (QED) is 0.731. The van der Waals surface area contributed by atoms with Crippen LogP contribution in [0.4, 0.5) is 5.82 Å². The molecule has 1 aliphatic heterocycles. The van der Waals surface area contributed by atoms with E-state index in [-0.39, 0.29) is 5.91 Å². The SMILES string of the molecule is COc1ccc2cc3c(nc2c1)N(NC(=O)c1ccccc1Br)CC3. The first-order valence-corrected chi connectivity index (χ1v) is 8.76. The Kier molecular flexibility index (Phi) is 4.05. The van der Waals surface area contributed by atoms with E-state index in [1.807, 2.05) is 41.4 Å². The third-order valence-corrected chi connectivity index (χ3v) is 4.99. The molecular weight excluding hydrogens is 382 g/mol. The summed E-state index contributed by atoms with van der Waals surface area (Å²) < 4.78 is 6.04. The third kappa shape index (κ3) is 2.93. The first kappa shape index (κ1) is 15.9. The lowest BCUT2D eigenvalue weighted by Gasteiger charge is -2.20. The minimum Gasteiger partial charge on any atom is -0.497 e. The number of anilines is 1. The molecule has 1 aliphatic rings. The number of halogens is 1. The Bertz CT molecular complexity index is 974. The molecule has 0 atom stereocenters. The Morgan fingerprint density at radius 2 is 2.08 bits per heavy atom. The van der Waals surface area contributed by atoms with Gasteiger partial charge in [-0.05, 0) is 58.2 Å². The number of fused-ring (bicyclic) bond motifs is 2. The molecule has 2 heterocycles. The maximum absolute atomic E-state index is 12.6. The van der Waals surface area contributed by atoms with Gasteiger partial charge in [0, 0.05) is 22.5 Å². The summed E-state index contributed by atoms with van der Waals surface area (Å²) in [5.74, 6) is 1.40. The highest BCUT2D eigenvalue weighted by atomic mass is 79.9. The van der Waals surface area contributed by atoms with Crippen LogP contribution in [0.1, 0.15) is 15.9 Å². The average molecular weight is 398 g/mol. The van der Waals surface area contributed by atoms with Crippen molar-refractivity contribution in [1.29, 1.82) is 0 Å². The summed E-state index contributed by atoms with van der Waals surface area (Å²) >= 11 is 3.42. The molecule has 0 fully saturated rings. The number of nitrogens with zero attached hydrogens (tertiary/aromatic N) is 2. The first-order chi connectivity index (χ1) is 12.2. The van der Waals surface area contributed by atoms with Gasteiger partial charge in [0.2, 0.25) is 0 Å². The molecule has 126 valence electrons. The number of benzene rings is 2. The van der Waals surface area contributed by atoms with Crippen LogP contribution in [-0.4, -0.2) is 24.5 Å². The summed E-state index contributed by atoms with van der Waals surface area (Å²) in [6, 6.07) is 15.3. The Hall–Kier alpha value is -2.60. The minimum absolute atomic E-state index is 0.159. The fourth-order valence-corrected chi connectivity index (χ4v) is 3.47. The van der Waals surface area contributed by atoms with Crippen molar-refractivity contribution in [2.75, 3.05) is 18.7 Å². The predicted octanol–water partition coefficient (Wildman–Crippen LogP) is 3.71. The van der Waals surface area contributed by atoms with Crippen molar-refractivity contribution in [3.63, 3.8) is 0 Å². The van der Waals surface area contributed by atoms with Crippen LogP contribution in [0.3, 0.4) is 0 Å². The van der Waals surface area contributed by atoms with E-state index in [1.54, 1.807) is 13.2 Å². The van der Waals surface area contributed by atoms with Crippen molar-refractivity contribution in [2.45, 2.75) is 6.42 Å². The number of amides is 1. The highest BCUT2D eigenvalue weighted by Gasteiger charge is 2.24. The van der Waals surface area contributed by atoms with Crippen molar-refractivity contribution in [1.82, 2.24) is 10.4 Å². The number of pyridine rings is 1. The molecule has 0 bridgehead atoms. The van der Waals surface area contributed by atoms with Crippen molar-refractivity contribution in [3.05, 3.63) is 64.1 Å². The molecule has 1 aromatic heterocycles. The molecule has 0 radical (unpaired) electrons. The molecule has 2 aromatic carbocycles. The molecule has 25 heavy (non-hydrogen) atoms. The van der Waals surface area contributed by atoms with Gasteiger partial charge in [-0.3, -0.25) is 15.2 Å². The third-order valence-electron chi connectivity index (χ3n) is 4.30. The molecule has 1 amide bonds. The molecule has 3 aromatic rings. The summed E-state index contributed by atoms with van der Waals surface area (Å²) in [6.45, 7) is 0.700. The molecule has 6 heteroatoms. The Balaban J connectivity index is 1.65. The van der Waals surface area contributed by atoms with E-state index < -0.39 is 0 Å². The van der Waals surface area contributed by atoms with Crippen LogP contribution < -0.4 is 15.2 Å². The highest BCUT2D eigenvalue weighted by molar-refractivity contribution is 9.10. The smallest absolute Gasteiger partial charge is 0.270 e. The topological polar surface area (TPSA) is 54.5 Å². The van der Waals surface area contributed by atoms with Crippen LogP contribution in [0, 0.1) is 0 Å². The number of hydrogen-bond donors (Lipinski definition) is 1. The fourth-order valence-electron chi connectivity index (χ4n) is 3.00. The van der Waals surface area contributed by atoms with Gasteiger partial charge >= 0.3 is 0 Å². The lowest BCUT2D eigenvalue weighted by molar-refractivity contribution is 0.0949. The second-order valence-corrected chi connectivity index (χ2v) is 6.71. The van der Waals surface area contributed by atoms with Gasteiger partial charge in [0.15, 0.2) is 5.82 Å². The van der Waals surface area contributed by atoms with Crippen molar-refractivity contribution >= 4 is 38.6 Å². The second kappa shape index (κ2) is 6.37. The van der Waals surface area contributed by atoms with E-state index in [4.69, 9.17) is 9.72 Å². The molecule has 0 unspecified atom stereocenters. The summed E-state index contributed by atoms with van der Waals surface area (Å²) in [6.07, 6.45) is 0.848. The number of carbonyl (C=O) groups excluding carboxylic acids is 1. The summed E-state index contributed by atoms with van der Waals surface area (Å²) in [5, 5.41) is 2.88. The highest BCUT2D eigenvalue weighted by Crippen LogP contribution is 2.30. The zero-order valence-corrected chi connectivity index (χ0v) is 15.2. The van der Waals surface area contributed by atoms with Crippen LogP contribution in [0.15, 0.2) is 53.0 Å². The predicted molar refractivity (Wildman–Crippen MR) is 101 cm³/mol. The van der Waals surface area contributed by atoms with Crippen LogP contribution in [0.2, 0.25) is 0 Å². The van der Waals surface area contributed by atoms with E-state index in [9.17, 15) is 4.79 Å². The van der Waals surface area contributed by atoms with E-state index in [2.05, 4.69) is 27.4 Å². The molecule has 4 rings (SSSR count). The maximum Gasteiger partial charge on any atom is 0.270 e. The van der Waals surface area contributed by atoms with Gasteiger partial charge in [-0.1, -0.05) is 12.1 Å². The number of hydrazine groups is 1. The molecule has 0 aliphatic carbocycles. The molecule has 5 nitrogen and oxygen atoms in total. The van der Waals surface area contributed by atoms with E-state index in [0.717, 1.165) is 38.9 Å². The van der Waals surface area contributed by atoms with Crippen molar-refractivity contribution in [3.8, 4) is 5.75 Å². The van der Waals surface area contributed by atoms with Crippen LogP contribution in [0.25, 0.3) is 10.9 Å². The lowest BCUT2D eigenvalue weighted by Crippen LogP contribution is -2.41. The molecular formula is C19H16BrN3O2. The van der Waals surface area contributed by atoms with Crippen LogP contribution in [0.5, 0.6) is 5.75 Å². The Morgan fingerprint density at radius 1 is 1.24 bits per heavy atom. The van der Waals surface area contributed by atoms with Gasteiger partial charge < -0.3 is 4.74 Å². The van der Waals surface area contributed by atoms with Gasteiger partial charge in [-0.2, -0.15) is 0 Å². The Labute approximate surface area is 153 Å². The van der Waals surface area contributed by atoms with E-state index in [1.165, 1.54) is 0 Å². The second-order valence-electron chi connectivity index (χ2n) is 5.85. The lowest BCUT2D eigenvalue weighted by atomic mass is 10.1. The van der Waals surface area contributed by atoms with Crippen LogP contribution in [-0.2, 0) is 6.42 Å². The first-order valence-electron chi connectivity index (χ1n) is 7.96. The number of hydrogen-bond acceptors (Lipinski definition) is 4. The number of methoxy groups -OCH3 is 1.